The fourth-order valence-electron chi connectivity index (χ4n) is 1.81. The Balaban J connectivity index is 2.55. The molecule has 1 aliphatic carbocycles. The SMILES string of the molecule is C[C@@H](NC(=O)C1(N)CCCCC1)C(=O)O. The lowest BCUT2D eigenvalue weighted by Crippen LogP contribution is -2.57. The molecule has 5 nitrogen and oxygen atoms in total. The fourth-order valence-corrected chi connectivity index (χ4v) is 1.81. The highest BCUT2D eigenvalue weighted by molar-refractivity contribution is 5.89. The summed E-state index contributed by atoms with van der Waals surface area (Å²) < 4.78 is 0. The average molecular weight is 214 g/mol. The van der Waals surface area contributed by atoms with Crippen LogP contribution >= 0.6 is 0 Å². The second-order valence-corrected chi connectivity index (χ2v) is 4.25. The van der Waals surface area contributed by atoms with Crippen molar-refractivity contribution in [3.8, 4) is 0 Å². The molecule has 0 spiro atoms. The molecule has 1 saturated carbocycles. The predicted octanol–water partition coefficient (Wildman–Crippen LogP) is 0.237. The van der Waals surface area contributed by atoms with Gasteiger partial charge in [-0.3, -0.25) is 9.59 Å². The van der Waals surface area contributed by atoms with E-state index >= 15 is 0 Å². The molecule has 1 aliphatic rings. The van der Waals surface area contributed by atoms with Crippen molar-refractivity contribution in [3.63, 3.8) is 0 Å². The van der Waals surface area contributed by atoms with Crippen molar-refractivity contribution in [2.45, 2.75) is 50.6 Å². The van der Waals surface area contributed by atoms with Crippen LogP contribution in [0.25, 0.3) is 0 Å². The molecule has 0 aliphatic heterocycles. The minimum atomic E-state index is -1.04. The number of nitrogens with one attached hydrogen (secondary N) is 1. The lowest BCUT2D eigenvalue weighted by Gasteiger charge is -2.32. The molecular formula is C10H18N2O3. The van der Waals surface area contributed by atoms with Crippen molar-refractivity contribution >= 4 is 11.9 Å². The van der Waals surface area contributed by atoms with Gasteiger partial charge in [0.1, 0.15) is 6.04 Å². The van der Waals surface area contributed by atoms with Crippen molar-refractivity contribution in [3.05, 3.63) is 0 Å². The summed E-state index contributed by atoms with van der Waals surface area (Å²) in [5, 5.41) is 11.1. The summed E-state index contributed by atoms with van der Waals surface area (Å²) in [5.74, 6) is -1.38. The summed E-state index contributed by atoms with van der Waals surface area (Å²) in [6, 6.07) is -0.875. The molecule has 4 N–H and O–H groups in total. The summed E-state index contributed by atoms with van der Waals surface area (Å²) in [6.07, 6.45) is 4.26. The average Bonchev–Trinajstić information content (AvgIpc) is 2.18. The molecule has 0 unspecified atom stereocenters. The standard InChI is InChI=1S/C10H18N2O3/c1-7(8(13)14)12-9(15)10(11)5-3-2-4-6-10/h7H,2-6,11H2,1H3,(H,12,15)(H,13,14)/t7-/m1/s1. The number of hydrogen-bond donors (Lipinski definition) is 3. The third-order valence-corrected chi connectivity index (χ3v) is 2.92. The molecule has 0 bridgehead atoms. The van der Waals surface area contributed by atoms with Crippen LogP contribution in [-0.4, -0.2) is 28.6 Å². The van der Waals surface area contributed by atoms with E-state index < -0.39 is 17.6 Å². The topological polar surface area (TPSA) is 92.4 Å². The van der Waals surface area contributed by atoms with Gasteiger partial charge in [-0.2, -0.15) is 0 Å². The molecule has 0 heterocycles. The van der Waals surface area contributed by atoms with E-state index in [1.54, 1.807) is 0 Å². The molecule has 1 atom stereocenters. The number of aliphatic carboxylic acids is 1. The highest BCUT2D eigenvalue weighted by Crippen LogP contribution is 2.25. The maximum absolute atomic E-state index is 11.7. The van der Waals surface area contributed by atoms with E-state index in [0.29, 0.717) is 12.8 Å². The fraction of sp³-hybridized carbons (Fsp3) is 0.800. The van der Waals surface area contributed by atoms with Crippen LogP contribution in [-0.2, 0) is 9.59 Å². The molecule has 15 heavy (non-hydrogen) atoms. The first-order valence-corrected chi connectivity index (χ1v) is 5.28. The largest absolute Gasteiger partial charge is 0.480 e. The molecule has 86 valence electrons. The van der Waals surface area contributed by atoms with Crippen LogP contribution in [0.3, 0.4) is 0 Å². The van der Waals surface area contributed by atoms with E-state index in [2.05, 4.69) is 5.32 Å². The number of nitrogens with two attached hydrogens (primary N) is 1. The van der Waals surface area contributed by atoms with Crippen molar-refractivity contribution in [1.29, 1.82) is 0 Å². The van der Waals surface area contributed by atoms with Crippen LogP contribution in [0, 0.1) is 0 Å². The molecule has 0 saturated heterocycles. The molecule has 0 radical (unpaired) electrons. The van der Waals surface area contributed by atoms with Crippen molar-refractivity contribution < 1.29 is 14.7 Å². The normalized spacial score (nSPS) is 21.7. The highest BCUT2D eigenvalue weighted by Gasteiger charge is 2.36. The van der Waals surface area contributed by atoms with Gasteiger partial charge in [0, 0.05) is 0 Å². The van der Waals surface area contributed by atoms with Crippen LogP contribution in [0.2, 0.25) is 0 Å². The van der Waals surface area contributed by atoms with Gasteiger partial charge in [0.2, 0.25) is 5.91 Å². The smallest absolute Gasteiger partial charge is 0.325 e. The van der Waals surface area contributed by atoms with Crippen molar-refractivity contribution in [1.82, 2.24) is 5.32 Å². The van der Waals surface area contributed by atoms with Gasteiger partial charge in [-0.1, -0.05) is 19.3 Å². The number of carboxylic acids is 1. The molecule has 0 aromatic carbocycles. The van der Waals surface area contributed by atoms with Crippen molar-refractivity contribution in [2.24, 2.45) is 5.73 Å². The zero-order valence-corrected chi connectivity index (χ0v) is 8.95. The minimum Gasteiger partial charge on any atom is -0.480 e. The maximum Gasteiger partial charge on any atom is 0.325 e. The Labute approximate surface area is 89.0 Å². The number of carbonyl (C=O) groups excluding carboxylic acids is 1. The van der Waals surface area contributed by atoms with Gasteiger partial charge in [0.05, 0.1) is 5.54 Å². The van der Waals surface area contributed by atoms with Gasteiger partial charge in [-0.05, 0) is 19.8 Å². The highest BCUT2D eigenvalue weighted by atomic mass is 16.4. The summed E-state index contributed by atoms with van der Waals surface area (Å²) in [6.45, 7) is 1.44. The van der Waals surface area contributed by atoms with E-state index in [4.69, 9.17) is 10.8 Å². The summed E-state index contributed by atoms with van der Waals surface area (Å²) in [5.41, 5.74) is 5.09. The van der Waals surface area contributed by atoms with E-state index in [0.717, 1.165) is 19.3 Å². The summed E-state index contributed by atoms with van der Waals surface area (Å²) in [7, 11) is 0. The molecule has 1 rings (SSSR count). The quantitative estimate of drug-likeness (QED) is 0.627. The first kappa shape index (κ1) is 12.0. The lowest BCUT2D eigenvalue weighted by molar-refractivity contribution is -0.142. The van der Waals surface area contributed by atoms with Gasteiger partial charge in [0.15, 0.2) is 0 Å². The van der Waals surface area contributed by atoms with Gasteiger partial charge in [-0.15, -0.1) is 0 Å². The Bertz CT molecular complexity index is 259. The third-order valence-electron chi connectivity index (χ3n) is 2.92. The molecule has 0 aromatic heterocycles. The molecule has 0 aromatic rings. The molecule has 5 heteroatoms. The van der Waals surface area contributed by atoms with Crippen molar-refractivity contribution in [2.75, 3.05) is 0 Å². The third kappa shape index (κ3) is 2.92. The second-order valence-electron chi connectivity index (χ2n) is 4.25. The summed E-state index contributed by atoms with van der Waals surface area (Å²) >= 11 is 0. The number of rotatable bonds is 3. The number of amides is 1. The van der Waals surface area contributed by atoms with E-state index in [1.165, 1.54) is 6.92 Å². The Morgan fingerprint density at radius 1 is 1.33 bits per heavy atom. The second kappa shape index (κ2) is 4.61. The monoisotopic (exact) mass is 214 g/mol. The summed E-state index contributed by atoms with van der Waals surface area (Å²) in [4.78, 5) is 22.3. The van der Waals surface area contributed by atoms with Crippen LogP contribution in [0.1, 0.15) is 39.0 Å². The first-order valence-electron chi connectivity index (χ1n) is 5.28. The van der Waals surface area contributed by atoms with Gasteiger partial charge < -0.3 is 16.2 Å². The predicted molar refractivity (Wildman–Crippen MR) is 55.2 cm³/mol. The molecule has 1 fully saturated rings. The van der Waals surface area contributed by atoms with Crippen LogP contribution in [0.15, 0.2) is 0 Å². The van der Waals surface area contributed by atoms with E-state index in [9.17, 15) is 9.59 Å². The zero-order valence-electron chi connectivity index (χ0n) is 8.95. The first-order chi connectivity index (χ1) is 6.96. The minimum absolute atomic E-state index is 0.336. The zero-order chi connectivity index (χ0) is 11.5. The van der Waals surface area contributed by atoms with Gasteiger partial charge in [-0.25, -0.2) is 0 Å². The maximum atomic E-state index is 11.7. The Morgan fingerprint density at radius 3 is 2.33 bits per heavy atom. The van der Waals surface area contributed by atoms with Crippen LogP contribution in [0.5, 0.6) is 0 Å². The van der Waals surface area contributed by atoms with E-state index in [-0.39, 0.29) is 5.91 Å². The van der Waals surface area contributed by atoms with Crippen LogP contribution in [0.4, 0.5) is 0 Å². The lowest BCUT2D eigenvalue weighted by atomic mass is 9.82. The van der Waals surface area contributed by atoms with Crippen LogP contribution < -0.4 is 11.1 Å². The van der Waals surface area contributed by atoms with Gasteiger partial charge >= 0.3 is 5.97 Å². The number of hydrogen-bond acceptors (Lipinski definition) is 3. The van der Waals surface area contributed by atoms with E-state index in [1.807, 2.05) is 0 Å². The Morgan fingerprint density at radius 2 is 1.87 bits per heavy atom. The van der Waals surface area contributed by atoms with Gasteiger partial charge in [0.25, 0.3) is 0 Å². The molecular weight excluding hydrogens is 196 g/mol. The number of carboxylic acid groups (broad SMARTS) is 1. The Hall–Kier alpha value is -1.10. The Kier molecular flexibility index (Phi) is 3.68. The molecule has 1 amide bonds. The number of carbonyl (C=O) groups is 2.